The molecule has 0 unspecified atom stereocenters. The summed E-state index contributed by atoms with van der Waals surface area (Å²) in [5.41, 5.74) is -0.701. The molecule has 0 aromatic carbocycles. The molecule has 23 heavy (non-hydrogen) atoms. The van der Waals surface area contributed by atoms with Gasteiger partial charge in [0.2, 0.25) is 0 Å². The molecule has 128 valence electrons. The lowest BCUT2D eigenvalue weighted by atomic mass is 10.2. The van der Waals surface area contributed by atoms with Crippen molar-refractivity contribution in [2.24, 2.45) is 0 Å². The molecule has 10 heteroatoms. The Morgan fingerprint density at radius 1 is 1.48 bits per heavy atom. The number of hydrogen-bond acceptors (Lipinski definition) is 7. The summed E-state index contributed by atoms with van der Waals surface area (Å²) in [7, 11) is 1.17. The minimum Gasteiger partial charge on any atom is -0.467 e. The number of nitro groups is 1. The van der Waals surface area contributed by atoms with Gasteiger partial charge < -0.3 is 14.8 Å². The number of aryl methyl sites for hydroxylation is 1. The van der Waals surface area contributed by atoms with Gasteiger partial charge in [0.1, 0.15) is 23.5 Å². The van der Waals surface area contributed by atoms with Crippen molar-refractivity contribution >= 4 is 17.7 Å². The molecule has 0 saturated carbocycles. The van der Waals surface area contributed by atoms with E-state index in [2.05, 4.69) is 15.2 Å². The van der Waals surface area contributed by atoms with Gasteiger partial charge in [-0.3, -0.25) is 14.8 Å². The van der Waals surface area contributed by atoms with E-state index in [1.807, 2.05) is 0 Å². The van der Waals surface area contributed by atoms with Crippen LogP contribution in [-0.4, -0.2) is 45.5 Å². The van der Waals surface area contributed by atoms with Crippen LogP contribution in [0.25, 0.3) is 0 Å². The Bertz CT molecular complexity index is 604. The number of aromatic nitrogens is 2. The molecule has 1 amide bonds. The molecule has 0 aliphatic heterocycles. The molecular weight excluding hydrogens is 308 g/mol. The molecule has 1 heterocycles. The molecule has 0 aliphatic carbocycles. The van der Waals surface area contributed by atoms with Crippen LogP contribution in [0.3, 0.4) is 0 Å². The van der Waals surface area contributed by atoms with Gasteiger partial charge in [0.05, 0.1) is 18.6 Å². The zero-order valence-electron chi connectivity index (χ0n) is 13.7. The van der Waals surface area contributed by atoms with Crippen molar-refractivity contribution in [3.63, 3.8) is 0 Å². The molecule has 1 N–H and O–H groups in total. The first kappa shape index (κ1) is 18.4. The second-order valence-electron chi connectivity index (χ2n) is 5.80. The van der Waals surface area contributed by atoms with Gasteiger partial charge in [0.15, 0.2) is 0 Å². The van der Waals surface area contributed by atoms with Crippen molar-refractivity contribution < 1.29 is 24.0 Å². The smallest absolute Gasteiger partial charge is 0.408 e. The van der Waals surface area contributed by atoms with Gasteiger partial charge in [0, 0.05) is 0 Å². The van der Waals surface area contributed by atoms with E-state index in [0.29, 0.717) is 0 Å². The fraction of sp³-hybridized carbons (Fsp3) is 0.615. The minimum absolute atomic E-state index is 0.124. The highest BCUT2D eigenvalue weighted by Gasteiger charge is 2.27. The fourth-order valence-corrected chi connectivity index (χ4v) is 1.74. The van der Waals surface area contributed by atoms with Gasteiger partial charge in [-0.05, 0) is 27.7 Å². The molecule has 0 spiro atoms. The Morgan fingerprint density at radius 2 is 2.09 bits per heavy atom. The van der Waals surface area contributed by atoms with Crippen LogP contribution in [0.15, 0.2) is 6.20 Å². The summed E-state index contributed by atoms with van der Waals surface area (Å²) in [6, 6.07) is -1.09. The molecule has 0 bridgehead atoms. The third-order valence-corrected chi connectivity index (χ3v) is 2.66. The van der Waals surface area contributed by atoms with E-state index in [4.69, 9.17) is 4.74 Å². The fourth-order valence-electron chi connectivity index (χ4n) is 1.74. The van der Waals surface area contributed by atoms with Crippen LogP contribution in [0.2, 0.25) is 0 Å². The van der Waals surface area contributed by atoms with Crippen molar-refractivity contribution in [2.75, 3.05) is 7.11 Å². The molecule has 0 radical (unpaired) electrons. The molecule has 0 aliphatic rings. The number of rotatable bonds is 5. The number of amides is 1. The predicted octanol–water partition coefficient (Wildman–Crippen LogP) is 1.17. The summed E-state index contributed by atoms with van der Waals surface area (Å²) in [5.74, 6) is -0.716. The number of esters is 1. The molecule has 0 fully saturated rings. The van der Waals surface area contributed by atoms with Gasteiger partial charge in [0.25, 0.3) is 0 Å². The summed E-state index contributed by atoms with van der Waals surface area (Å²) in [6.45, 7) is 6.39. The first-order valence-electron chi connectivity index (χ1n) is 6.79. The van der Waals surface area contributed by atoms with Gasteiger partial charge in [-0.25, -0.2) is 9.59 Å². The first-order chi connectivity index (χ1) is 10.5. The van der Waals surface area contributed by atoms with E-state index in [1.54, 1.807) is 20.8 Å². The average molecular weight is 328 g/mol. The highest BCUT2D eigenvalue weighted by Crippen LogP contribution is 2.15. The molecule has 1 atom stereocenters. The zero-order valence-corrected chi connectivity index (χ0v) is 13.7. The maximum atomic E-state index is 11.8. The van der Waals surface area contributed by atoms with Crippen molar-refractivity contribution in [1.29, 1.82) is 0 Å². The number of nitrogens with one attached hydrogen (secondary N) is 1. The van der Waals surface area contributed by atoms with Crippen molar-refractivity contribution in [3.05, 3.63) is 22.0 Å². The summed E-state index contributed by atoms with van der Waals surface area (Å²) >= 11 is 0. The monoisotopic (exact) mass is 328 g/mol. The second-order valence-corrected chi connectivity index (χ2v) is 5.80. The Labute approximate surface area is 132 Å². The summed E-state index contributed by atoms with van der Waals surface area (Å²) in [4.78, 5) is 33.8. The highest BCUT2D eigenvalue weighted by atomic mass is 16.6. The van der Waals surface area contributed by atoms with Crippen molar-refractivity contribution in [1.82, 2.24) is 15.1 Å². The van der Waals surface area contributed by atoms with Gasteiger partial charge in [-0.1, -0.05) is 0 Å². The number of alkyl carbamates (subject to hydrolysis) is 1. The van der Waals surface area contributed by atoms with Crippen molar-refractivity contribution in [3.8, 4) is 0 Å². The van der Waals surface area contributed by atoms with Gasteiger partial charge in [-0.15, -0.1) is 0 Å². The van der Waals surface area contributed by atoms with Crippen LogP contribution < -0.4 is 5.32 Å². The van der Waals surface area contributed by atoms with E-state index in [9.17, 15) is 19.7 Å². The van der Waals surface area contributed by atoms with Crippen LogP contribution >= 0.6 is 0 Å². The van der Waals surface area contributed by atoms with Crippen LogP contribution in [0, 0.1) is 17.0 Å². The standard InChI is InChI=1S/C13H20N4O6/c1-8-10(17(20)21)7-16(15-8)6-9(11(18)22-5)14-12(19)23-13(2,3)4/h7,9H,6H2,1-5H3,(H,14,19)/t9-/m0/s1. The quantitative estimate of drug-likeness (QED) is 0.488. The maximum absolute atomic E-state index is 11.8. The Balaban J connectivity index is 2.87. The largest absolute Gasteiger partial charge is 0.467 e. The van der Waals surface area contributed by atoms with E-state index < -0.39 is 28.6 Å². The number of methoxy groups -OCH3 is 1. The van der Waals surface area contributed by atoms with E-state index >= 15 is 0 Å². The molecule has 1 aromatic heterocycles. The van der Waals surface area contributed by atoms with Crippen LogP contribution in [0.4, 0.5) is 10.5 Å². The molecular formula is C13H20N4O6. The lowest BCUT2D eigenvalue weighted by molar-refractivity contribution is -0.385. The normalized spacial score (nSPS) is 12.4. The zero-order chi connectivity index (χ0) is 17.8. The first-order valence-corrected chi connectivity index (χ1v) is 6.79. The van der Waals surface area contributed by atoms with E-state index in [1.165, 1.54) is 24.9 Å². The Hall–Kier alpha value is -2.65. The minimum atomic E-state index is -1.09. The number of ether oxygens (including phenoxy) is 2. The van der Waals surface area contributed by atoms with Gasteiger partial charge in [-0.2, -0.15) is 5.10 Å². The number of carbonyl (C=O) groups is 2. The Kier molecular flexibility index (Phi) is 5.66. The molecule has 1 rings (SSSR count). The lowest BCUT2D eigenvalue weighted by Gasteiger charge is -2.22. The third kappa shape index (κ3) is 5.57. The SMILES string of the molecule is COC(=O)[C@H](Cn1cc([N+](=O)[O-])c(C)n1)NC(=O)OC(C)(C)C. The average Bonchev–Trinajstić information content (AvgIpc) is 2.76. The van der Waals surface area contributed by atoms with E-state index in [0.717, 1.165) is 0 Å². The maximum Gasteiger partial charge on any atom is 0.408 e. The summed E-state index contributed by atoms with van der Waals surface area (Å²) in [6.07, 6.45) is 0.383. The molecule has 1 aromatic rings. The second kappa shape index (κ2) is 7.07. The number of hydrogen-bond donors (Lipinski definition) is 1. The molecule has 10 nitrogen and oxygen atoms in total. The van der Waals surface area contributed by atoms with Crippen LogP contribution in [0.5, 0.6) is 0 Å². The summed E-state index contributed by atoms with van der Waals surface area (Å²) in [5, 5.41) is 17.1. The summed E-state index contributed by atoms with van der Waals surface area (Å²) < 4.78 is 10.9. The lowest BCUT2D eigenvalue weighted by Crippen LogP contribution is -2.46. The third-order valence-electron chi connectivity index (χ3n) is 2.66. The molecule has 0 saturated heterocycles. The van der Waals surface area contributed by atoms with Crippen LogP contribution in [-0.2, 0) is 20.8 Å². The number of nitrogens with zero attached hydrogens (tertiary/aromatic N) is 3. The van der Waals surface area contributed by atoms with Crippen LogP contribution in [0.1, 0.15) is 26.5 Å². The van der Waals surface area contributed by atoms with E-state index in [-0.39, 0.29) is 17.9 Å². The Morgan fingerprint density at radius 3 is 2.52 bits per heavy atom. The topological polar surface area (TPSA) is 126 Å². The highest BCUT2D eigenvalue weighted by molar-refractivity contribution is 5.81. The van der Waals surface area contributed by atoms with Crippen molar-refractivity contribution in [2.45, 2.75) is 45.9 Å². The number of carbonyl (C=O) groups excluding carboxylic acids is 2. The predicted molar refractivity (Wildman–Crippen MR) is 78.8 cm³/mol. The van der Waals surface area contributed by atoms with Gasteiger partial charge >= 0.3 is 17.7 Å².